The van der Waals surface area contributed by atoms with Crippen molar-refractivity contribution in [2.75, 3.05) is 7.11 Å². The second-order valence-electron chi connectivity index (χ2n) is 4.46. The number of nitrogens with one attached hydrogen (secondary N) is 1. The van der Waals surface area contributed by atoms with Crippen LogP contribution < -0.4 is 5.32 Å². The molecule has 0 saturated carbocycles. The normalized spacial score (nSPS) is 13.8. The Balaban J connectivity index is 3.91. The third kappa shape index (κ3) is 5.97. The molecule has 1 unspecified atom stereocenters. The summed E-state index contributed by atoms with van der Waals surface area (Å²) in [4.78, 5) is 11.0. The van der Waals surface area contributed by atoms with Gasteiger partial charge in [-0.2, -0.15) is 0 Å². The summed E-state index contributed by atoms with van der Waals surface area (Å²) in [5.41, 5.74) is 0.0994. The molecular formula is C11H23NO2. The summed E-state index contributed by atoms with van der Waals surface area (Å²) < 4.78 is 4.62. The summed E-state index contributed by atoms with van der Waals surface area (Å²) >= 11 is 0. The molecule has 0 bridgehead atoms. The van der Waals surface area contributed by atoms with Gasteiger partial charge >= 0.3 is 5.97 Å². The van der Waals surface area contributed by atoms with Crippen molar-refractivity contribution >= 4 is 5.97 Å². The topological polar surface area (TPSA) is 38.3 Å². The fourth-order valence-electron chi connectivity index (χ4n) is 1.75. The molecular weight excluding hydrogens is 178 g/mol. The zero-order valence-corrected chi connectivity index (χ0v) is 10.0. The quantitative estimate of drug-likeness (QED) is 0.669. The second-order valence-corrected chi connectivity index (χ2v) is 4.46. The van der Waals surface area contributed by atoms with E-state index in [2.05, 4.69) is 30.8 Å². The van der Waals surface area contributed by atoms with E-state index in [-0.39, 0.29) is 17.6 Å². The van der Waals surface area contributed by atoms with Crippen LogP contribution in [-0.4, -0.2) is 24.7 Å². The van der Waals surface area contributed by atoms with Crippen molar-refractivity contribution in [1.29, 1.82) is 0 Å². The van der Waals surface area contributed by atoms with Crippen molar-refractivity contribution in [3.05, 3.63) is 0 Å². The molecule has 0 saturated heterocycles. The highest BCUT2D eigenvalue weighted by molar-refractivity contribution is 5.69. The van der Waals surface area contributed by atoms with Crippen LogP contribution in [0.4, 0.5) is 0 Å². The van der Waals surface area contributed by atoms with Crippen LogP contribution in [0.25, 0.3) is 0 Å². The standard InChI is InChI=1S/C11H23NO2/c1-6-7-11(3,4)12-9(2)8-10(13)14-5/h9,12H,6-8H2,1-5H3. The van der Waals surface area contributed by atoms with Crippen LogP contribution in [0, 0.1) is 0 Å². The van der Waals surface area contributed by atoms with Gasteiger partial charge in [-0.05, 0) is 27.2 Å². The van der Waals surface area contributed by atoms with E-state index in [1.807, 2.05) is 6.92 Å². The Morgan fingerprint density at radius 2 is 2.07 bits per heavy atom. The SMILES string of the molecule is CCCC(C)(C)NC(C)CC(=O)OC. The summed E-state index contributed by atoms with van der Waals surface area (Å²) in [5.74, 6) is -0.155. The number of ether oxygens (including phenoxy) is 1. The van der Waals surface area contributed by atoms with Gasteiger partial charge in [0.25, 0.3) is 0 Å². The van der Waals surface area contributed by atoms with E-state index in [9.17, 15) is 4.79 Å². The Morgan fingerprint density at radius 1 is 1.50 bits per heavy atom. The van der Waals surface area contributed by atoms with Crippen LogP contribution in [0.2, 0.25) is 0 Å². The smallest absolute Gasteiger partial charge is 0.307 e. The average Bonchev–Trinajstić information content (AvgIpc) is 2.02. The number of carbonyl (C=O) groups excluding carboxylic acids is 1. The summed E-state index contributed by atoms with van der Waals surface area (Å²) in [6.45, 7) is 8.48. The average molecular weight is 201 g/mol. The Morgan fingerprint density at radius 3 is 2.50 bits per heavy atom. The number of carbonyl (C=O) groups is 1. The van der Waals surface area contributed by atoms with E-state index >= 15 is 0 Å². The molecule has 0 heterocycles. The van der Waals surface area contributed by atoms with Crippen LogP contribution in [0.15, 0.2) is 0 Å². The third-order valence-corrected chi connectivity index (χ3v) is 2.21. The first kappa shape index (κ1) is 13.4. The van der Waals surface area contributed by atoms with Crippen molar-refractivity contribution in [3.63, 3.8) is 0 Å². The maximum absolute atomic E-state index is 11.0. The van der Waals surface area contributed by atoms with Crippen molar-refractivity contribution in [2.24, 2.45) is 0 Å². The zero-order chi connectivity index (χ0) is 11.2. The van der Waals surface area contributed by atoms with E-state index in [1.54, 1.807) is 0 Å². The van der Waals surface area contributed by atoms with Crippen LogP contribution in [0.3, 0.4) is 0 Å². The number of hydrogen-bond donors (Lipinski definition) is 1. The van der Waals surface area contributed by atoms with Gasteiger partial charge in [0.15, 0.2) is 0 Å². The van der Waals surface area contributed by atoms with Gasteiger partial charge in [0.2, 0.25) is 0 Å². The highest BCUT2D eigenvalue weighted by atomic mass is 16.5. The molecule has 1 N–H and O–H groups in total. The molecule has 0 aliphatic rings. The molecule has 84 valence electrons. The molecule has 14 heavy (non-hydrogen) atoms. The summed E-state index contributed by atoms with van der Waals surface area (Å²) in [5, 5.41) is 3.42. The predicted molar refractivity (Wildman–Crippen MR) is 58.2 cm³/mol. The molecule has 0 aromatic carbocycles. The van der Waals surface area contributed by atoms with Crippen LogP contribution in [0.1, 0.15) is 47.0 Å². The minimum Gasteiger partial charge on any atom is -0.469 e. The highest BCUT2D eigenvalue weighted by Crippen LogP contribution is 2.12. The van der Waals surface area contributed by atoms with Crippen LogP contribution in [-0.2, 0) is 9.53 Å². The maximum atomic E-state index is 11.0. The van der Waals surface area contributed by atoms with Gasteiger partial charge in [0.05, 0.1) is 13.5 Å². The molecule has 0 aromatic rings. The van der Waals surface area contributed by atoms with Crippen molar-refractivity contribution in [1.82, 2.24) is 5.32 Å². The predicted octanol–water partition coefficient (Wildman–Crippen LogP) is 2.11. The van der Waals surface area contributed by atoms with Crippen LogP contribution >= 0.6 is 0 Å². The highest BCUT2D eigenvalue weighted by Gasteiger charge is 2.20. The second kappa shape index (κ2) is 6.02. The monoisotopic (exact) mass is 201 g/mol. The van der Waals surface area contributed by atoms with E-state index in [4.69, 9.17) is 0 Å². The Labute approximate surface area is 87.2 Å². The van der Waals surface area contributed by atoms with Gasteiger partial charge in [-0.3, -0.25) is 4.79 Å². The van der Waals surface area contributed by atoms with Crippen LogP contribution in [0.5, 0.6) is 0 Å². The molecule has 0 amide bonds. The van der Waals surface area contributed by atoms with Gasteiger partial charge in [-0.25, -0.2) is 0 Å². The Kier molecular flexibility index (Phi) is 5.77. The van der Waals surface area contributed by atoms with Crippen molar-refractivity contribution in [2.45, 2.75) is 58.5 Å². The largest absolute Gasteiger partial charge is 0.469 e. The van der Waals surface area contributed by atoms with E-state index in [0.717, 1.165) is 12.8 Å². The first-order valence-electron chi connectivity index (χ1n) is 5.25. The Bertz CT molecular complexity index is 178. The van der Waals surface area contributed by atoms with Gasteiger partial charge in [-0.15, -0.1) is 0 Å². The Hall–Kier alpha value is -0.570. The van der Waals surface area contributed by atoms with E-state index < -0.39 is 0 Å². The van der Waals surface area contributed by atoms with Gasteiger partial charge in [0.1, 0.15) is 0 Å². The molecule has 0 rings (SSSR count). The van der Waals surface area contributed by atoms with Gasteiger partial charge < -0.3 is 10.1 Å². The first-order chi connectivity index (χ1) is 6.41. The fourth-order valence-corrected chi connectivity index (χ4v) is 1.75. The lowest BCUT2D eigenvalue weighted by molar-refractivity contribution is -0.141. The number of hydrogen-bond acceptors (Lipinski definition) is 3. The molecule has 0 fully saturated rings. The molecule has 0 aliphatic carbocycles. The lowest BCUT2D eigenvalue weighted by Gasteiger charge is -2.29. The number of rotatable bonds is 6. The van der Waals surface area contributed by atoms with E-state index in [0.29, 0.717) is 6.42 Å². The lowest BCUT2D eigenvalue weighted by Crippen LogP contribution is -2.45. The van der Waals surface area contributed by atoms with Gasteiger partial charge in [-0.1, -0.05) is 13.3 Å². The molecule has 0 radical (unpaired) electrons. The third-order valence-electron chi connectivity index (χ3n) is 2.21. The summed E-state index contributed by atoms with van der Waals surface area (Å²) in [6.07, 6.45) is 2.69. The molecule has 0 spiro atoms. The summed E-state index contributed by atoms with van der Waals surface area (Å²) in [7, 11) is 1.42. The maximum Gasteiger partial charge on any atom is 0.307 e. The zero-order valence-electron chi connectivity index (χ0n) is 10.0. The molecule has 1 atom stereocenters. The molecule has 0 aliphatic heterocycles. The molecule has 3 nitrogen and oxygen atoms in total. The van der Waals surface area contributed by atoms with E-state index in [1.165, 1.54) is 7.11 Å². The molecule has 0 aromatic heterocycles. The molecule has 3 heteroatoms. The first-order valence-corrected chi connectivity index (χ1v) is 5.25. The van der Waals surface area contributed by atoms with Crippen molar-refractivity contribution in [3.8, 4) is 0 Å². The minimum atomic E-state index is -0.155. The van der Waals surface area contributed by atoms with Crippen molar-refractivity contribution < 1.29 is 9.53 Å². The lowest BCUT2D eigenvalue weighted by atomic mass is 9.97. The number of esters is 1. The summed E-state index contributed by atoms with van der Waals surface area (Å²) in [6, 6.07) is 0.170. The number of methoxy groups -OCH3 is 1. The fraction of sp³-hybridized carbons (Fsp3) is 0.909. The van der Waals surface area contributed by atoms with Gasteiger partial charge in [0, 0.05) is 11.6 Å². The minimum absolute atomic E-state index is 0.0994.